The highest BCUT2D eigenvalue weighted by Gasteiger charge is 2.37. The molecule has 0 saturated carbocycles. The van der Waals surface area contributed by atoms with Crippen LogP contribution in [0.5, 0.6) is 11.5 Å². The molecule has 8 nitrogen and oxygen atoms in total. The van der Waals surface area contributed by atoms with Gasteiger partial charge in [0.2, 0.25) is 0 Å². The molecule has 3 rings (SSSR count). The molecule has 0 radical (unpaired) electrons. The molecule has 0 aliphatic carbocycles. The Hall–Kier alpha value is -3.23. The van der Waals surface area contributed by atoms with E-state index in [9.17, 15) is 19.8 Å². The van der Waals surface area contributed by atoms with Crippen molar-refractivity contribution < 1.29 is 28.9 Å². The van der Waals surface area contributed by atoms with Crippen molar-refractivity contribution in [3.63, 3.8) is 0 Å². The van der Waals surface area contributed by atoms with Crippen LogP contribution in [0, 0.1) is 0 Å². The van der Waals surface area contributed by atoms with E-state index >= 15 is 0 Å². The minimum absolute atomic E-state index is 0.0186. The first kappa shape index (κ1) is 24.4. The number of hydrogen-bond acceptors (Lipinski definition) is 8. The normalized spacial score (nSPS) is 19.3. The number of carbonyl (C=O) groups excluding carboxylic acids is 1. The summed E-state index contributed by atoms with van der Waals surface area (Å²) in [5.74, 6) is -1.15. The van der Waals surface area contributed by atoms with Crippen molar-refractivity contribution in [2.75, 3.05) is 26.7 Å². The lowest BCUT2D eigenvalue weighted by atomic mass is 9.85. The Morgan fingerprint density at radius 3 is 2.73 bits per heavy atom. The third-order valence-electron chi connectivity index (χ3n) is 5.48. The summed E-state index contributed by atoms with van der Waals surface area (Å²) in [5.41, 5.74) is 0.0213. The zero-order chi connectivity index (χ0) is 24.3. The third-order valence-corrected chi connectivity index (χ3v) is 5.69. The predicted molar refractivity (Wildman–Crippen MR) is 126 cm³/mol. The Balaban J connectivity index is 2.25. The number of piperidine rings is 1. The molecule has 0 amide bonds. The van der Waals surface area contributed by atoms with Gasteiger partial charge in [-0.15, -0.1) is 0 Å². The van der Waals surface area contributed by atoms with Gasteiger partial charge in [0.05, 0.1) is 6.61 Å². The maximum Gasteiger partial charge on any atom is 0.508 e. The Bertz CT molecular complexity index is 1180. The number of benzene rings is 1. The van der Waals surface area contributed by atoms with Gasteiger partial charge >= 0.3 is 6.16 Å². The molecule has 1 aliphatic rings. The second-order valence-electron chi connectivity index (χ2n) is 7.73. The number of likely N-dealkylation sites (tertiary alicyclic amines) is 1. The van der Waals surface area contributed by atoms with Crippen molar-refractivity contribution in [1.29, 1.82) is 0 Å². The first-order valence-corrected chi connectivity index (χ1v) is 10.8. The van der Waals surface area contributed by atoms with Gasteiger partial charge in [-0.05, 0) is 26.9 Å². The van der Waals surface area contributed by atoms with Gasteiger partial charge in [-0.25, -0.2) is 4.79 Å². The summed E-state index contributed by atoms with van der Waals surface area (Å²) in [4.78, 5) is 27.0. The molecule has 2 atom stereocenters. The van der Waals surface area contributed by atoms with E-state index in [-0.39, 0.29) is 39.7 Å². The van der Waals surface area contributed by atoms with Crippen molar-refractivity contribution in [2.45, 2.75) is 25.4 Å². The molecule has 9 heteroatoms. The first-order chi connectivity index (χ1) is 15.7. The minimum Gasteiger partial charge on any atom is -0.507 e. The monoisotopic (exact) mass is 475 g/mol. The molecule has 2 aromatic rings. The van der Waals surface area contributed by atoms with E-state index < -0.39 is 29.4 Å². The maximum absolute atomic E-state index is 13.0. The van der Waals surface area contributed by atoms with Crippen molar-refractivity contribution in [2.24, 2.45) is 0 Å². The molecular weight excluding hydrogens is 450 g/mol. The first-order valence-electron chi connectivity index (χ1n) is 10.4. The quantitative estimate of drug-likeness (QED) is 0.464. The topological polar surface area (TPSA) is 109 Å². The van der Waals surface area contributed by atoms with E-state index in [1.807, 2.05) is 11.9 Å². The fourth-order valence-corrected chi connectivity index (χ4v) is 4.19. The number of allylic oxidation sites excluding steroid dienone is 4. The molecule has 0 spiro atoms. The fraction of sp³-hybridized carbons (Fsp3) is 0.333. The van der Waals surface area contributed by atoms with Gasteiger partial charge in [-0.2, -0.15) is 0 Å². The Labute approximate surface area is 196 Å². The molecule has 33 heavy (non-hydrogen) atoms. The van der Waals surface area contributed by atoms with Crippen molar-refractivity contribution in [3.05, 3.63) is 64.0 Å². The largest absolute Gasteiger partial charge is 0.508 e. The second-order valence-corrected chi connectivity index (χ2v) is 8.18. The number of rotatable bonds is 6. The molecule has 0 bridgehead atoms. The average Bonchev–Trinajstić information content (AvgIpc) is 2.72. The van der Waals surface area contributed by atoms with Crippen LogP contribution < -0.4 is 5.43 Å². The fourth-order valence-electron chi connectivity index (χ4n) is 4.03. The van der Waals surface area contributed by atoms with E-state index in [4.69, 9.17) is 25.5 Å². The second kappa shape index (κ2) is 10.1. The van der Waals surface area contributed by atoms with Crippen LogP contribution in [0.4, 0.5) is 4.79 Å². The SMILES string of the molecule is C=C/C=C(\C(=C)Cl)c1cc(=O)c2c(O)cc(O)c(C3CCN(C)CC3OC(=O)OCC)c2o1. The summed E-state index contributed by atoms with van der Waals surface area (Å²) in [5, 5.41) is 21.2. The van der Waals surface area contributed by atoms with Gasteiger partial charge in [-0.3, -0.25) is 4.79 Å². The van der Waals surface area contributed by atoms with Crippen LogP contribution in [0.2, 0.25) is 0 Å². The lowest BCUT2D eigenvalue weighted by molar-refractivity contribution is -0.00906. The van der Waals surface area contributed by atoms with Gasteiger partial charge in [0, 0.05) is 40.8 Å². The average molecular weight is 476 g/mol. The van der Waals surface area contributed by atoms with Gasteiger partial charge in [0.15, 0.2) is 5.43 Å². The highest BCUT2D eigenvalue weighted by molar-refractivity contribution is 6.36. The number of hydrogen-bond donors (Lipinski definition) is 2. The van der Waals surface area contributed by atoms with Crippen LogP contribution in [-0.4, -0.2) is 54.1 Å². The molecule has 2 N–H and O–H groups in total. The number of aromatic hydroxyl groups is 2. The number of fused-ring (bicyclic) bond motifs is 1. The van der Waals surface area contributed by atoms with Gasteiger partial charge < -0.3 is 29.0 Å². The standard InChI is InChI=1S/C24H26ClNO7/c1-5-7-14(13(3)25)19-11-18(29)22-17(28)10-16(27)21(23(22)32-19)15-8-9-26(4)12-20(15)33-24(30)31-6-2/h5,7,10-11,15,20,27-28H,1,3,6,8-9,12H2,2,4H3/b14-7+. The molecule has 1 aromatic carbocycles. The van der Waals surface area contributed by atoms with Crippen LogP contribution in [0.1, 0.15) is 30.6 Å². The molecule has 1 aliphatic heterocycles. The number of likely N-dealkylation sites (N-methyl/N-ethyl adjacent to an activating group) is 1. The van der Waals surface area contributed by atoms with E-state index in [1.165, 1.54) is 18.2 Å². The van der Waals surface area contributed by atoms with E-state index in [1.54, 1.807) is 6.92 Å². The Morgan fingerprint density at radius 2 is 2.09 bits per heavy atom. The summed E-state index contributed by atoms with van der Waals surface area (Å²) in [7, 11) is 1.88. The highest BCUT2D eigenvalue weighted by Crippen LogP contribution is 2.43. The van der Waals surface area contributed by atoms with E-state index in [0.29, 0.717) is 25.1 Å². The van der Waals surface area contributed by atoms with Crippen molar-refractivity contribution in [1.82, 2.24) is 4.90 Å². The predicted octanol–water partition coefficient (Wildman–Crippen LogP) is 4.49. The van der Waals surface area contributed by atoms with Crippen LogP contribution >= 0.6 is 11.6 Å². The molecule has 2 heterocycles. The lowest BCUT2D eigenvalue weighted by Gasteiger charge is -2.36. The van der Waals surface area contributed by atoms with Crippen LogP contribution in [-0.2, 0) is 9.47 Å². The number of halogens is 1. The third kappa shape index (κ3) is 5.07. The Morgan fingerprint density at radius 1 is 1.36 bits per heavy atom. The van der Waals surface area contributed by atoms with Crippen LogP contribution in [0.25, 0.3) is 16.5 Å². The van der Waals surface area contributed by atoms with Gasteiger partial charge in [0.25, 0.3) is 0 Å². The molecule has 1 saturated heterocycles. The summed E-state index contributed by atoms with van der Waals surface area (Å²) < 4.78 is 16.5. The van der Waals surface area contributed by atoms with E-state index in [2.05, 4.69) is 13.2 Å². The van der Waals surface area contributed by atoms with E-state index in [0.717, 1.165) is 6.07 Å². The van der Waals surface area contributed by atoms with Crippen molar-refractivity contribution >= 4 is 34.3 Å². The smallest absolute Gasteiger partial charge is 0.507 e. The molecular formula is C24H26ClNO7. The number of nitrogens with zero attached hydrogens (tertiary/aromatic N) is 1. The zero-order valence-electron chi connectivity index (χ0n) is 18.5. The molecule has 1 fully saturated rings. The van der Waals surface area contributed by atoms with Crippen LogP contribution in [0.3, 0.4) is 0 Å². The number of phenolic OH excluding ortho intramolecular Hbond substituents is 2. The maximum atomic E-state index is 13.0. The van der Waals surface area contributed by atoms with Gasteiger partial charge in [0.1, 0.15) is 34.3 Å². The number of phenols is 2. The molecule has 2 unspecified atom stereocenters. The summed E-state index contributed by atoms with van der Waals surface area (Å²) in [6.45, 7) is 10.1. The number of carbonyl (C=O) groups is 1. The van der Waals surface area contributed by atoms with Crippen molar-refractivity contribution in [3.8, 4) is 11.5 Å². The minimum atomic E-state index is -0.831. The Kier molecular flexibility index (Phi) is 7.50. The number of ether oxygens (including phenoxy) is 2. The highest BCUT2D eigenvalue weighted by atomic mass is 35.5. The lowest BCUT2D eigenvalue weighted by Crippen LogP contribution is -2.43. The van der Waals surface area contributed by atoms with Gasteiger partial charge in [-0.1, -0.05) is 36.9 Å². The molecule has 176 valence electrons. The summed E-state index contributed by atoms with van der Waals surface area (Å²) in [6.07, 6.45) is 1.96. The summed E-state index contributed by atoms with van der Waals surface area (Å²) >= 11 is 6.09. The zero-order valence-corrected chi connectivity index (χ0v) is 19.2. The van der Waals surface area contributed by atoms with Crippen LogP contribution in [0.15, 0.2) is 51.7 Å². The summed E-state index contributed by atoms with van der Waals surface area (Å²) in [6, 6.07) is 2.28. The molecule has 1 aromatic heterocycles.